The summed E-state index contributed by atoms with van der Waals surface area (Å²) in [5, 5.41) is 4.31. The van der Waals surface area contributed by atoms with Gasteiger partial charge in [-0.15, -0.1) is 36.2 Å². The van der Waals surface area contributed by atoms with E-state index in [1.165, 1.54) is 23.4 Å². The van der Waals surface area contributed by atoms with E-state index >= 15 is 0 Å². The number of nitrogens with one attached hydrogen (secondary N) is 1. The first kappa shape index (κ1) is 20.6. The molecule has 0 unspecified atom stereocenters. The fourth-order valence-corrected chi connectivity index (χ4v) is 4.21. The van der Waals surface area contributed by atoms with Crippen molar-refractivity contribution < 1.29 is 9.53 Å². The Morgan fingerprint density at radius 3 is 2.83 bits per heavy atom. The highest BCUT2D eigenvalue weighted by molar-refractivity contribution is 7.11. The summed E-state index contributed by atoms with van der Waals surface area (Å²) in [6, 6.07) is -0.238. The summed E-state index contributed by atoms with van der Waals surface area (Å²) < 4.78 is 5.56. The molecule has 0 radical (unpaired) electrons. The maximum atomic E-state index is 12.5. The van der Waals surface area contributed by atoms with E-state index < -0.39 is 0 Å². The molecule has 132 valence electrons. The molecule has 1 aromatic rings. The van der Waals surface area contributed by atoms with Crippen molar-refractivity contribution in [2.45, 2.75) is 51.3 Å². The van der Waals surface area contributed by atoms with Gasteiger partial charge in [-0.1, -0.05) is 0 Å². The molecule has 1 N–H and O–H groups in total. The van der Waals surface area contributed by atoms with Gasteiger partial charge in [0.1, 0.15) is 11.0 Å². The van der Waals surface area contributed by atoms with E-state index in [0.717, 1.165) is 24.4 Å². The highest BCUT2D eigenvalue weighted by Crippen LogP contribution is 2.27. The average Bonchev–Trinajstić information content (AvgIpc) is 2.89. The van der Waals surface area contributed by atoms with Gasteiger partial charge in [-0.25, -0.2) is 4.98 Å². The van der Waals surface area contributed by atoms with Crippen LogP contribution in [0.2, 0.25) is 0 Å². The lowest BCUT2D eigenvalue weighted by Crippen LogP contribution is -2.55. The Hall–Kier alpha value is -0.400. The van der Waals surface area contributed by atoms with E-state index in [0.29, 0.717) is 13.2 Å². The summed E-state index contributed by atoms with van der Waals surface area (Å²) in [5.41, 5.74) is 1.26. The number of nitrogens with zero attached hydrogens (tertiary/aromatic N) is 2. The number of thiazole rings is 1. The normalized spacial score (nSPS) is 23.2. The van der Waals surface area contributed by atoms with Gasteiger partial charge in [-0.3, -0.25) is 4.79 Å². The number of morpholine rings is 1. The van der Waals surface area contributed by atoms with Crippen LogP contribution in [0.25, 0.3) is 0 Å². The summed E-state index contributed by atoms with van der Waals surface area (Å²) in [6.07, 6.45) is 4.69. The van der Waals surface area contributed by atoms with E-state index in [9.17, 15) is 4.79 Å². The lowest BCUT2D eigenvalue weighted by molar-refractivity contribution is -0.138. The van der Waals surface area contributed by atoms with Crippen molar-refractivity contribution >= 4 is 42.1 Å². The number of amides is 1. The van der Waals surface area contributed by atoms with Gasteiger partial charge in [0, 0.05) is 18.5 Å². The molecule has 0 aromatic carbocycles. The third-order valence-corrected chi connectivity index (χ3v) is 5.36. The average molecular weight is 382 g/mol. The number of ether oxygens (including phenoxy) is 1. The topological polar surface area (TPSA) is 54.5 Å². The molecule has 0 spiro atoms. The molecule has 1 aliphatic carbocycles. The summed E-state index contributed by atoms with van der Waals surface area (Å²) in [5.74, 6) is 0.0929. The maximum Gasteiger partial charge on any atom is 0.242 e. The SMILES string of the molecule is C[C@H]1OCCN[C@@H]1C(=O)N(C)Cc1nc2c(s1)CCCC2.Cl.Cl. The molecule has 3 rings (SSSR count). The summed E-state index contributed by atoms with van der Waals surface area (Å²) in [6.45, 7) is 3.96. The number of carbonyl (C=O) groups excluding carboxylic acids is 1. The molecule has 23 heavy (non-hydrogen) atoms. The molecule has 0 saturated carbocycles. The third kappa shape index (κ3) is 4.79. The standard InChI is InChI=1S/C15H23N3O2S.2ClH/c1-10-14(16-7-8-20-10)15(19)18(2)9-13-17-11-5-3-4-6-12(11)21-13;;/h10,14,16H,3-9H2,1-2H3;2*1H/t10-,14+;;/m1../s1. The van der Waals surface area contributed by atoms with Gasteiger partial charge in [0.15, 0.2) is 0 Å². The number of rotatable bonds is 3. The molecule has 2 aliphatic rings. The van der Waals surface area contributed by atoms with Crippen LogP contribution in [-0.4, -0.2) is 48.1 Å². The summed E-state index contributed by atoms with van der Waals surface area (Å²) in [7, 11) is 1.85. The minimum absolute atomic E-state index is 0. The lowest BCUT2D eigenvalue weighted by atomic mass is 10.0. The largest absolute Gasteiger partial charge is 0.375 e. The Kier molecular flexibility index (Phi) is 8.24. The number of hydrogen-bond acceptors (Lipinski definition) is 5. The maximum absolute atomic E-state index is 12.5. The monoisotopic (exact) mass is 381 g/mol. The molecule has 1 saturated heterocycles. The van der Waals surface area contributed by atoms with Gasteiger partial charge in [0.25, 0.3) is 0 Å². The molecule has 0 bridgehead atoms. The number of hydrogen-bond donors (Lipinski definition) is 1. The van der Waals surface area contributed by atoms with E-state index in [-0.39, 0.29) is 42.9 Å². The first-order valence-corrected chi connectivity index (χ1v) is 8.54. The van der Waals surface area contributed by atoms with Crippen molar-refractivity contribution in [3.63, 3.8) is 0 Å². The number of fused-ring (bicyclic) bond motifs is 1. The van der Waals surface area contributed by atoms with Gasteiger partial charge >= 0.3 is 0 Å². The van der Waals surface area contributed by atoms with Crippen molar-refractivity contribution in [1.29, 1.82) is 0 Å². The van der Waals surface area contributed by atoms with Crippen LogP contribution in [0.5, 0.6) is 0 Å². The molecule has 1 aliphatic heterocycles. The minimum Gasteiger partial charge on any atom is -0.375 e. The fraction of sp³-hybridized carbons (Fsp3) is 0.733. The second-order valence-corrected chi connectivity index (χ2v) is 7.05. The van der Waals surface area contributed by atoms with Gasteiger partial charge in [-0.05, 0) is 32.6 Å². The molecular formula is C15H25Cl2N3O2S. The van der Waals surface area contributed by atoms with E-state index in [1.807, 2.05) is 14.0 Å². The Bertz CT molecular complexity index is 503. The summed E-state index contributed by atoms with van der Waals surface area (Å²) in [4.78, 5) is 20.4. The predicted octanol–water partition coefficient (Wildman–Crippen LogP) is 2.20. The van der Waals surface area contributed by atoms with Crippen LogP contribution in [0.15, 0.2) is 0 Å². The highest BCUT2D eigenvalue weighted by atomic mass is 35.5. The Morgan fingerprint density at radius 1 is 1.39 bits per heavy atom. The van der Waals surface area contributed by atoms with Gasteiger partial charge in [0.2, 0.25) is 5.91 Å². The van der Waals surface area contributed by atoms with Crippen molar-refractivity contribution in [2.75, 3.05) is 20.2 Å². The molecule has 5 nitrogen and oxygen atoms in total. The predicted molar refractivity (Wildman–Crippen MR) is 96.9 cm³/mol. The quantitative estimate of drug-likeness (QED) is 0.871. The molecule has 8 heteroatoms. The zero-order valence-electron chi connectivity index (χ0n) is 13.5. The number of aromatic nitrogens is 1. The van der Waals surface area contributed by atoms with Gasteiger partial charge < -0.3 is 15.0 Å². The first-order valence-electron chi connectivity index (χ1n) is 7.72. The van der Waals surface area contributed by atoms with E-state index in [4.69, 9.17) is 9.72 Å². The van der Waals surface area contributed by atoms with Crippen LogP contribution in [0.1, 0.15) is 35.3 Å². The smallest absolute Gasteiger partial charge is 0.242 e. The molecule has 1 amide bonds. The zero-order valence-corrected chi connectivity index (χ0v) is 16.0. The molecule has 2 atom stereocenters. The van der Waals surface area contributed by atoms with Gasteiger partial charge in [0.05, 0.1) is 24.9 Å². The second-order valence-electron chi connectivity index (χ2n) is 5.89. The third-order valence-electron chi connectivity index (χ3n) is 4.22. The van der Waals surface area contributed by atoms with Crippen molar-refractivity contribution in [1.82, 2.24) is 15.2 Å². The molecular weight excluding hydrogens is 357 g/mol. The van der Waals surface area contributed by atoms with Crippen LogP contribution < -0.4 is 5.32 Å². The van der Waals surface area contributed by atoms with Crippen molar-refractivity contribution in [2.24, 2.45) is 0 Å². The van der Waals surface area contributed by atoms with Crippen LogP contribution >= 0.6 is 36.2 Å². The van der Waals surface area contributed by atoms with Crippen LogP contribution in [0.4, 0.5) is 0 Å². The van der Waals surface area contributed by atoms with Gasteiger partial charge in [-0.2, -0.15) is 0 Å². The molecule has 1 fully saturated rings. The number of carbonyl (C=O) groups is 1. The minimum atomic E-state index is -0.238. The highest BCUT2D eigenvalue weighted by Gasteiger charge is 2.31. The molecule has 1 aromatic heterocycles. The Labute approximate surface area is 154 Å². The molecule has 2 heterocycles. The summed E-state index contributed by atoms with van der Waals surface area (Å²) >= 11 is 1.77. The second kappa shape index (κ2) is 9.18. The lowest BCUT2D eigenvalue weighted by Gasteiger charge is -2.32. The number of likely N-dealkylation sites (N-methyl/N-ethyl adjacent to an activating group) is 1. The number of aryl methyl sites for hydroxylation is 2. The van der Waals surface area contributed by atoms with Crippen molar-refractivity contribution in [3.05, 3.63) is 15.6 Å². The van der Waals surface area contributed by atoms with Crippen molar-refractivity contribution in [3.8, 4) is 0 Å². The Balaban J connectivity index is 0.00000132. The number of halogens is 2. The van der Waals surface area contributed by atoms with E-state index in [1.54, 1.807) is 16.2 Å². The Morgan fingerprint density at radius 2 is 2.13 bits per heavy atom. The van der Waals surface area contributed by atoms with Crippen LogP contribution in [0.3, 0.4) is 0 Å². The zero-order chi connectivity index (χ0) is 14.8. The van der Waals surface area contributed by atoms with Crippen LogP contribution in [-0.2, 0) is 28.9 Å². The first-order chi connectivity index (χ1) is 10.1. The van der Waals surface area contributed by atoms with Crippen LogP contribution in [0, 0.1) is 0 Å². The fourth-order valence-electron chi connectivity index (χ4n) is 3.00. The van der Waals surface area contributed by atoms with E-state index in [2.05, 4.69) is 5.32 Å².